The first-order chi connectivity index (χ1) is 7.72. The van der Waals surface area contributed by atoms with Gasteiger partial charge in [-0.15, -0.1) is 5.10 Å². The Morgan fingerprint density at radius 2 is 2.25 bits per heavy atom. The molecule has 0 aliphatic carbocycles. The van der Waals surface area contributed by atoms with Gasteiger partial charge in [0.15, 0.2) is 0 Å². The van der Waals surface area contributed by atoms with Crippen molar-refractivity contribution < 1.29 is 14.3 Å². The van der Waals surface area contributed by atoms with E-state index in [1.165, 1.54) is 11.5 Å². The van der Waals surface area contributed by atoms with Crippen LogP contribution in [0.15, 0.2) is 18.2 Å². The summed E-state index contributed by atoms with van der Waals surface area (Å²) in [5.41, 5.74) is 1.02. The normalized spacial score (nSPS) is 10.3. The predicted molar refractivity (Wildman–Crippen MR) is 58.4 cm³/mol. The molecule has 82 valence electrons. The zero-order valence-electron chi connectivity index (χ0n) is 8.47. The number of aromatic nitrogens is 2. The van der Waals surface area contributed by atoms with Crippen LogP contribution in [0, 0.1) is 0 Å². The number of carbonyl (C=O) groups excluding carboxylic acids is 2. The standard InChI is InChI=1S/C10H8N2O3S/c1-2-15-10(14)9(13)6-3-4-7-8(5-6)16-12-11-7/h3-5H,2H2,1H3. The Bertz CT molecular complexity index is 550. The van der Waals surface area contributed by atoms with E-state index in [1.807, 2.05) is 0 Å². The SMILES string of the molecule is CCOC(=O)C(=O)c1ccc2nnsc2c1. The number of hydrogen-bond donors (Lipinski definition) is 0. The van der Waals surface area contributed by atoms with E-state index in [4.69, 9.17) is 0 Å². The Balaban J connectivity index is 2.32. The van der Waals surface area contributed by atoms with Crippen molar-refractivity contribution in [3.63, 3.8) is 0 Å². The second kappa shape index (κ2) is 4.36. The number of rotatable bonds is 3. The molecule has 6 heteroatoms. The molecule has 2 aromatic rings. The van der Waals surface area contributed by atoms with Crippen LogP contribution < -0.4 is 0 Å². The lowest BCUT2D eigenvalue weighted by atomic mass is 10.1. The number of Topliss-reactive ketones (excluding diaryl/α,β-unsaturated/α-hetero) is 1. The molecule has 0 fully saturated rings. The molecule has 0 aliphatic heterocycles. The lowest BCUT2D eigenvalue weighted by molar-refractivity contribution is -0.137. The van der Waals surface area contributed by atoms with Crippen molar-refractivity contribution in [2.24, 2.45) is 0 Å². The summed E-state index contributed by atoms with van der Waals surface area (Å²) < 4.78 is 9.16. The molecule has 1 aromatic heterocycles. The lowest BCUT2D eigenvalue weighted by Gasteiger charge is -2.00. The van der Waals surface area contributed by atoms with Crippen LogP contribution in [0.4, 0.5) is 0 Å². The summed E-state index contributed by atoms with van der Waals surface area (Å²) in [6, 6.07) is 4.80. The minimum absolute atomic E-state index is 0.189. The van der Waals surface area contributed by atoms with Gasteiger partial charge in [0.1, 0.15) is 5.52 Å². The van der Waals surface area contributed by atoms with Crippen LogP contribution in [-0.4, -0.2) is 27.9 Å². The zero-order chi connectivity index (χ0) is 11.5. The van der Waals surface area contributed by atoms with Gasteiger partial charge in [-0.3, -0.25) is 4.79 Å². The third kappa shape index (κ3) is 1.92. The topological polar surface area (TPSA) is 69.2 Å². The van der Waals surface area contributed by atoms with E-state index in [2.05, 4.69) is 14.3 Å². The average Bonchev–Trinajstić information content (AvgIpc) is 2.75. The van der Waals surface area contributed by atoms with Crippen molar-refractivity contribution in [2.75, 3.05) is 6.61 Å². The van der Waals surface area contributed by atoms with Gasteiger partial charge in [0.2, 0.25) is 0 Å². The van der Waals surface area contributed by atoms with Crippen molar-refractivity contribution in [1.82, 2.24) is 9.59 Å². The summed E-state index contributed by atoms with van der Waals surface area (Å²) in [4.78, 5) is 22.8. The van der Waals surface area contributed by atoms with Crippen LogP contribution >= 0.6 is 11.5 Å². The fraction of sp³-hybridized carbons (Fsp3) is 0.200. The number of fused-ring (bicyclic) bond motifs is 1. The number of nitrogens with zero attached hydrogens (tertiary/aromatic N) is 2. The van der Waals surface area contributed by atoms with Gasteiger partial charge in [-0.2, -0.15) is 0 Å². The summed E-state index contributed by atoms with van der Waals surface area (Å²) in [6.45, 7) is 1.84. The fourth-order valence-electron chi connectivity index (χ4n) is 1.23. The molecule has 1 aromatic carbocycles. The third-order valence-corrected chi connectivity index (χ3v) is 2.66. The molecule has 0 N–H and O–H groups in total. The van der Waals surface area contributed by atoms with Crippen LogP contribution in [0.1, 0.15) is 17.3 Å². The summed E-state index contributed by atoms with van der Waals surface area (Å²) in [5.74, 6) is -1.48. The highest BCUT2D eigenvalue weighted by atomic mass is 32.1. The molecule has 0 aliphatic rings. The Hall–Kier alpha value is -1.82. The Labute approximate surface area is 95.2 Å². The largest absolute Gasteiger partial charge is 0.460 e. The van der Waals surface area contributed by atoms with E-state index >= 15 is 0 Å². The van der Waals surface area contributed by atoms with Gasteiger partial charge in [0, 0.05) is 5.56 Å². The smallest absolute Gasteiger partial charge is 0.379 e. The third-order valence-electron chi connectivity index (χ3n) is 1.97. The summed E-state index contributed by atoms with van der Waals surface area (Å²) in [6.07, 6.45) is 0. The number of esters is 1. The molecule has 0 unspecified atom stereocenters. The fourth-order valence-corrected chi connectivity index (χ4v) is 1.83. The van der Waals surface area contributed by atoms with Crippen LogP contribution in [-0.2, 0) is 9.53 Å². The molecule has 0 spiro atoms. The van der Waals surface area contributed by atoms with Crippen molar-refractivity contribution in [1.29, 1.82) is 0 Å². The van der Waals surface area contributed by atoms with E-state index in [0.717, 1.165) is 4.70 Å². The number of benzene rings is 1. The second-order valence-electron chi connectivity index (χ2n) is 3.01. The van der Waals surface area contributed by atoms with Crippen LogP contribution in [0.5, 0.6) is 0 Å². The minimum Gasteiger partial charge on any atom is -0.460 e. The first-order valence-corrected chi connectivity index (χ1v) is 5.43. The average molecular weight is 236 g/mol. The van der Waals surface area contributed by atoms with E-state index in [1.54, 1.807) is 25.1 Å². The maximum Gasteiger partial charge on any atom is 0.379 e. The van der Waals surface area contributed by atoms with E-state index in [9.17, 15) is 9.59 Å². The molecule has 0 saturated heterocycles. The number of ether oxygens (including phenoxy) is 1. The van der Waals surface area contributed by atoms with Crippen molar-refractivity contribution in [3.05, 3.63) is 23.8 Å². The van der Waals surface area contributed by atoms with Gasteiger partial charge in [0.05, 0.1) is 11.3 Å². The predicted octanol–water partition coefficient (Wildman–Crippen LogP) is 1.44. The van der Waals surface area contributed by atoms with Gasteiger partial charge in [0.25, 0.3) is 5.78 Å². The van der Waals surface area contributed by atoms with Crippen molar-refractivity contribution in [3.8, 4) is 0 Å². The Morgan fingerprint density at radius 3 is 3.00 bits per heavy atom. The molecule has 0 atom stereocenters. The Kier molecular flexibility index (Phi) is 2.91. The first-order valence-electron chi connectivity index (χ1n) is 4.66. The minimum atomic E-state index is -0.834. The number of ketones is 1. The summed E-state index contributed by atoms with van der Waals surface area (Å²) in [5, 5.41) is 3.84. The molecule has 0 radical (unpaired) electrons. The van der Waals surface area contributed by atoms with Gasteiger partial charge in [-0.25, -0.2) is 4.79 Å². The quantitative estimate of drug-likeness (QED) is 0.458. The molecule has 5 nitrogen and oxygen atoms in total. The maximum atomic E-state index is 11.6. The highest BCUT2D eigenvalue weighted by Crippen LogP contribution is 2.17. The zero-order valence-corrected chi connectivity index (χ0v) is 9.28. The van der Waals surface area contributed by atoms with Crippen LogP contribution in [0.3, 0.4) is 0 Å². The van der Waals surface area contributed by atoms with Crippen LogP contribution in [0.2, 0.25) is 0 Å². The second-order valence-corrected chi connectivity index (χ2v) is 3.79. The van der Waals surface area contributed by atoms with Gasteiger partial charge >= 0.3 is 5.97 Å². The lowest BCUT2D eigenvalue weighted by Crippen LogP contribution is -2.17. The molecule has 0 bridgehead atoms. The molecule has 1 heterocycles. The van der Waals surface area contributed by atoms with E-state index in [0.29, 0.717) is 11.1 Å². The number of hydrogen-bond acceptors (Lipinski definition) is 6. The molecular weight excluding hydrogens is 228 g/mol. The van der Waals surface area contributed by atoms with Gasteiger partial charge in [-0.1, -0.05) is 4.49 Å². The first kappa shape index (κ1) is 10.7. The number of carbonyl (C=O) groups is 2. The summed E-state index contributed by atoms with van der Waals surface area (Å²) in [7, 11) is 0. The van der Waals surface area contributed by atoms with Crippen molar-refractivity contribution in [2.45, 2.75) is 6.92 Å². The van der Waals surface area contributed by atoms with Crippen LogP contribution in [0.25, 0.3) is 10.2 Å². The molecule has 0 saturated carbocycles. The van der Waals surface area contributed by atoms with E-state index in [-0.39, 0.29) is 6.61 Å². The van der Waals surface area contributed by atoms with Gasteiger partial charge < -0.3 is 4.74 Å². The maximum absolute atomic E-state index is 11.6. The Morgan fingerprint density at radius 1 is 1.44 bits per heavy atom. The van der Waals surface area contributed by atoms with E-state index < -0.39 is 11.8 Å². The monoisotopic (exact) mass is 236 g/mol. The van der Waals surface area contributed by atoms with Gasteiger partial charge in [-0.05, 0) is 36.7 Å². The highest BCUT2D eigenvalue weighted by Gasteiger charge is 2.17. The molecule has 16 heavy (non-hydrogen) atoms. The molecule has 2 rings (SSSR count). The van der Waals surface area contributed by atoms with Crippen molar-refractivity contribution >= 4 is 33.5 Å². The molecule has 0 amide bonds. The summed E-state index contributed by atoms with van der Waals surface area (Å²) >= 11 is 1.18. The molecular formula is C10H8N2O3S. The highest BCUT2D eigenvalue weighted by molar-refractivity contribution is 7.12.